The highest BCUT2D eigenvalue weighted by molar-refractivity contribution is 5.76. The van der Waals surface area contributed by atoms with Crippen LogP contribution in [-0.4, -0.2) is 24.5 Å². The van der Waals surface area contributed by atoms with Gasteiger partial charge < -0.3 is 9.64 Å². The van der Waals surface area contributed by atoms with Crippen LogP contribution >= 0.6 is 0 Å². The van der Waals surface area contributed by atoms with E-state index in [1.54, 1.807) is 7.11 Å². The van der Waals surface area contributed by atoms with Crippen molar-refractivity contribution in [1.29, 1.82) is 0 Å². The van der Waals surface area contributed by atoms with E-state index in [2.05, 4.69) is 6.58 Å². The average Bonchev–Trinajstić information content (AvgIpc) is 2.61. The topological polar surface area (TPSA) is 29.5 Å². The molecule has 1 heterocycles. The number of carbonyl (C=O) groups is 1. The molecular weight excluding hydrogens is 274 g/mol. The monoisotopic (exact) mass is 301 g/mol. The van der Waals surface area contributed by atoms with Crippen LogP contribution in [0, 0.1) is 5.92 Å². The van der Waals surface area contributed by atoms with Crippen molar-refractivity contribution in [3.8, 4) is 5.75 Å². The zero-order valence-electron chi connectivity index (χ0n) is 13.6. The minimum Gasteiger partial charge on any atom is -0.497 e. The standard InChI is InChI=1S/C19H27NO2/c1-3-7-16-8-5-4-6-13-20(19(21)14-16)15-17-9-11-18(22-2)12-10-17/h3,9-12,16H,1,4-8,13-15H2,2H3. The van der Waals surface area contributed by atoms with Gasteiger partial charge in [0.25, 0.3) is 0 Å². The van der Waals surface area contributed by atoms with E-state index in [0.29, 0.717) is 18.9 Å². The van der Waals surface area contributed by atoms with Crippen LogP contribution in [0.5, 0.6) is 5.75 Å². The zero-order valence-corrected chi connectivity index (χ0v) is 13.6. The zero-order chi connectivity index (χ0) is 15.8. The Morgan fingerprint density at radius 2 is 2.05 bits per heavy atom. The lowest BCUT2D eigenvalue weighted by Gasteiger charge is -2.24. The predicted octanol–water partition coefficient (Wildman–Crippen LogP) is 4.18. The van der Waals surface area contributed by atoms with Crippen LogP contribution in [-0.2, 0) is 11.3 Å². The summed E-state index contributed by atoms with van der Waals surface area (Å²) in [4.78, 5) is 14.6. The second-order valence-electron chi connectivity index (χ2n) is 6.11. The second kappa shape index (κ2) is 8.62. The van der Waals surface area contributed by atoms with Crippen molar-refractivity contribution in [3.63, 3.8) is 0 Å². The van der Waals surface area contributed by atoms with Crippen LogP contribution in [0.3, 0.4) is 0 Å². The van der Waals surface area contributed by atoms with Crippen LogP contribution in [0.15, 0.2) is 36.9 Å². The van der Waals surface area contributed by atoms with Crippen LogP contribution in [0.25, 0.3) is 0 Å². The summed E-state index contributed by atoms with van der Waals surface area (Å²) in [6.07, 6.45) is 8.23. The SMILES string of the molecule is C=CCC1CCCCCN(Cc2ccc(OC)cc2)C(=O)C1. The molecule has 1 amide bonds. The third kappa shape index (κ3) is 4.90. The Morgan fingerprint density at radius 3 is 2.73 bits per heavy atom. The number of rotatable bonds is 5. The fraction of sp³-hybridized carbons (Fsp3) is 0.526. The molecule has 1 atom stereocenters. The maximum Gasteiger partial charge on any atom is 0.223 e. The summed E-state index contributed by atoms with van der Waals surface area (Å²) in [5.74, 6) is 1.59. The van der Waals surface area contributed by atoms with Gasteiger partial charge in [-0.15, -0.1) is 6.58 Å². The van der Waals surface area contributed by atoms with Gasteiger partial charge in [0.05, 0.1) is 7.11 Å². The molecule has 1 aromatic rings. The number of amides is 1. The van der Waals surface area contributed by atoms with Gasteiger partial charge in [0.1, 0.15) is 5.75 Å². The molecule has 1 fully saturated rings. The quantitative estimate of drug-likeness (QED) is 0.764. The first kappa shape index (κ1) is 16.6. The Bertz CT molecular complexity index is 481. The molecular formula is C19H27NO2. The number of methoxy groups -OCH3 is 1. The number of hydrogen-bond acceptors (Lipinski definition) is 2. The fourth-order valence-corrected chi connectivity index (χ4v) is 3.07. The van der Waals surface area contributed by atoms with Gasteiger partial charge >= 0.3 is 0 Å². The van der Waals surface area contributed by atoms with Crippen molar-refractivity contribution in [1.82, 2.24) is 4.90 Å². The predicted molar refractivity (Wildman–Crippen MR) is 89.8 cm³/mol. The summed E-state index contributed by atoms with van der Waals surface area (Å²) in [6.45, 7) is 5.39. The normalized spacial score (nSPS) is 20.0. The van der Waals surface area contributed by atoms with Crippen molar-refractivity contribution in [2.75, 3.05) is 13.7 Å². The number of benzene rings is 1. The van der Waals surface area contributed by atoms with Crippen molar-refractivity contribution in [2.24, 2.45) is 5.92 Å². The molecule has 0 saturated carbocycles. The van der Waals surface area contributed by atoms with Gasteiger partial charge in [0.2, 0.25) is 5.91 Å². The van der Waals surface area contributed by atoms with Gasteiger partial charge in [-0.25, -0.2) is 0 Å². The van der Waals surface area contributed by atoms with Gasteiger partial charge in [-0.1, -0.05) is 31.1 Å². The molecule has 3 nitrogen and oxygen atoms in total. The van der Waals surface area contributed by atoms with Crippen molar-refractivity contribution >= 4 is 5.91 Å². The van der Waals surface area contributed by atoms with E-state index in [9.17, 15) is 4.79 Å². The smallest absolute Gasteiger partial charge is 0.223 e. The first-order valence-corrected chi connectivity index (χ1v) is 8.24. The maximum absolute atomic E-state index is 12.6. The van der Waals surface area contributed by atoms with E-state index >= 15 is 0 Å². The molecule has 2 rings (SSSR count). The van der Waals surface area contributed by atoms with Crippen molar-refractivity contribution in [2.45, 2.75) is 45.1 Å². The summed E-state index contributed by atoms with van der Waals surface area (Å²) in [5.41, 5.74) is 1.16. The molecule has 1 aromatic carbocycles. The summed E-state index contributed by atoms with van der Waals surface area (Å²) >= 11 is 0. The molecule has 0 radical (unpaired) electrons. The van der Waals surface area contributed by atoms with E-state index in [1.807, 2.05) is 35.2 Å². The lowest BCUT2D eigenvalue weighted by molar-refractivity contribution is -0.132. The van der Waals surface area contributed by atoms with Crippen LogP contribution in [0.1, 0.15) is 44.1 Å². The molecule has 1 aliphatic heterocycles. The highest BCUT2D eigenvalue weighted by Gasteiger charge is 2.20. The van der Waals surface area contributed by atoms with Gasteiger partial charge in [0.15, 0.2) is 0 Å². The van der Waals surface area contributed by atoms with Crippen LogP contribution < -0.4 is 4.74 Å². The molecule has 1 unspecified atom stereocenters. The molecule has 0 bridgehead atoms. The summed E-state index contributed by atoms with van der Waals surface area (Å²) < 4.78 is 5.18. The lowest BCUT2D eigenvalue weighted by atomic mass is 9.94. The highest BCUT2D eigenvalue weighted by Crippen LogP contribution is 2.23. The van der Waals surface area contributed by atoms with Gasteiger partial charge in [-0.05, 0) is 42.9 Å². The first-order chi connectivity index (χ1) is 10.7. The fourth-order valence-electron chi connectivity index (χ4n) is 3.07. The van der Waals surface area contributed by atoms with Crippen LogP contribution in [0.4, 0.5) is 0 Å². The third-order valence-corrected chi connectivity index (χ3v) is 4.39. The van der Waals surface area contributed by atoms with E-state index < -0.39 is 0 Å². The number of carbonyl (C=O) groups excluding carboxylic acids is 1. The highest BCUT2D eigenvalue weighted by atomic mass is 16.5. The van der Waals surface area contributed by atoms with Crippen molar-refractivity contribution < 1.29 is 9.53 Å². The lowest BCUT2D eigenvalue weighted by Crippen LogP contribution is -2.32. The van der Waals surface area contributed by atoms with Gasteiger partial charge in [-0.2, -0.15) is 0 Å². The van der Waals surface area contributed by atoms with Crippen molar-refractivity contribution in [3.05, 3.63) is 42.5 Å². The summed E-state index contributed by atoms with van der Waals surface area (Å²) in [5, 5.41) is 0. The van der Waals surface area contributed by atoms with E-state index in [1.165, 1.54) is 12.8 Å². The molecule has 120 valence electrons. The Labute approximate surface area is 134 Å². The molecule has 0 N–H and O–H groups in total. The molecule has 1 saturated heterocycles. The molecule has 1 aliphatic rings. The minimum absolute atomic E-state index is 0.282. The largest absolute Gasteiger partial charge is 0.497 e. The minimum atomic E-state index is 0.282. The number of hydrogen-bond donors (Lipinski definition) is 0. The van der Waals surface area contributed by atoms with E-state index in [-0.39, 0.29) is 5.91 Å². The van der Waals surface area contributed by atoms with Crippen LogP contribution in [0.2, 0.25) is 0 Å². The number of allylic oxidation sites excluding steroid dienone is 1. The number of ether oxygens (including phenoxy) is 1. The molecule has 22 heavy (non-hydrogen) atoms. The molecule has 0 spiro atoms. The Balaban J connectivity index is 2.02. The van der Waals surface area contributed by atoms with Gasteiger partial charge in [0, 0.05) is 19.5 Å². The first-order valence-electron chi connectivity index (χ1n) is 8.24. The maximum atomic E-state index is 12.6. The Kier molecular flexibility index (Phi) is 6.50. The summed E-state index contributed by atoms with van der Waals surface area (Å²) in [6, 6.07) is 7.99. The average molecular weight is 301 g/mol. The Morgan fingerprint density at radius 1 is 1.27 bits per heavy atom. The van der Waals surface area contributed by atoms with E-state index in [0.717, 1.165) is 37.1 Å². The molecule has 0 aliphatic carbocycles. The summed E-state index contributed by atoms with van der Waals surface area (Å²) in [7, 11) is 1.67. The second-order valence-corrected chi connectivity index (χ2v) is 6.11. The number of nitrogens with zero attached hydrogens (tertiary/aromatic N) is 1. The molecule has 0 aromatic heterocycles. The third-order valence-electron chi connectivity index (χ3n) is 4.39. The van der Waals surface area contributed by atoms with Gasteiger partial charge in [-0.3, -0.25) is 4.79 Å². The molecule has 3 heteroatoms. The van der Waals surface area contributed by atoms with E-state index in [4.69, 9.17) is 4.74 Å². The Hall–Kier alpha value is -1.77.